The Labute approximate surface area is 125 Å². The maximum atomic E-state index is 11.9. The third-order valence-electron chi connectivity index (χ3n) is 4.06. The number of aryl methyl sites for hydroxylation is 1. The number of benzene rings is 1. The van der Waals surface area contributed by atoms with Gasteiger partial charge in [0.2, 0.25) is 0 Å². The van der Waals surface area contributed by atoms with E-state index in [9.17, 15) is 9.59 Å². The van der Waals surface area contributed by atoms with Gasteiger partial charge >= 0.3 is 5.97 Å². The van der Waals surface area contributed by atoms with Gasteiger partial charge in [0.15, 0.2) is 6.61 Å². The summed E-state index contributed by atoms with van der Waals surface area (Å²) in [4.78, 5) is 23.5. The second kappa shape index (κ2) is 7.25. The van der Waals surface area contributed by atoms with Crippen molar-refractivity contribution in [2.45, 2.75) is 45.6 Å². The van der Waals surface area contributed by atoms with Crippen molar-refractivity contribution in [1.29, 1.82) is 0 Å². The number of amides is 1. The van der Waals surface area contributed by atoms with E-state index in [0.717, 1.165) is 25.7 Å². The van der Waals surface area contributed by atoms with Crippen LogP contribution in [0, 0.1) is 5.92 Å². The first-order valence-corrected chi connectivity index (χ1v) is 7.65. The number of ether oxygens (including phenoxy) is 1. The minimum atomic E-state index is -0.309. The van der Waals surface area contributed by atoms with Crippen molar-refractivity contribution in [2.24, 2.45) is 5.92 Å². The van der Waals surface area contributed by atoms with Gasteiger partial charge in [-0.15, -0.1) is 0 Å². The number of fused-ring (bicyclic) bond motifs is 1. The molecule has 1 aliphatic carbocycles. The van der Waals surface area contributed by atoms with Crippen LogP contribution in [0.15, 0.2) is 24.3 Å². The first kappa shape index (κ1) is 15.5. The zero-order chi connectivity index (χ0) is 15.2. The molecule has 0 bridgehead atoms. The summed E-state index contributed by atoms with van der Waals surface area (Å²) >= 11 is 0. The summed E-state index contributed by atoms with van der Waals surface area (Å²) in [7, 11) is 0. The van der Waals surface area contributed by atoms with Crippen LogP contribution in [0.25, 0.3) is 0 Å². The lowest BCUT2D eigenvalue weighted by atomic mass is 9.88. The maximum absolute atomic E-state index is 11.9. The van der Waals surface area contributed by atoms with Crippen LogP contribution < -0.4 is 5.32 Å². The Hall–Kier alpha value is -1.84. The van der Waals surface area contributed by atoms with Crippen LogP contribution in [0.3, 0.4) is 0 Å². The van der Waals surface area contributed by atoms with Gasteiger partial charge in [0.25, 0.3) is 5.91 Å². The molecule has 0 saturated heterocycles. The number of hydrogen-bond acceptors (Lipinski definition) is 3. The maximum Gasteiger partial charge on any atom is 0.309 e. The molecule has 0 aromatic heterocycles. The van der Waals surface area contributed by atoms with E-state index in [1.807, 2.05) is 19.1 Å². The molecule has 0 radical (unpaired) electrons. The second-order valence-electron chi connectivity index (χ2n) is 5.63. The molecule has 114 valence electrons. The molecule has 1 aromatic carbocycles. The third kappa shape index (κ3) is 4.06. The molecule has 0 spiro atoms. The summed E-state index contributed by atoms with van der Waals surface area (Å²) < 4.78 is 5.04. The van der Waals surface area contributed by atoms with E-state index in [2.05, 4.69) is 17.4 Å². The third-order valence-corrected chi connectivity index (χ3v) is 4.06. The standard InChI is InChI=1S/C17H23NO3/c1-3-12(2)17(20)21-11-16(19)18-15-10-6-8-13-7-4-5-9-14(13)15/h4-5,7,9,12,15H,3,6,8,10-11H2,1-2H3,(H,18,19). The molecule has 4 nitrogen and oxygen atoms in total. The topological polar surface area (TPSA) is 55.4 Å². The van der Waals surface area contributed by atoms with E-state index < -0.39 is 0 Å². The molecule has 2 atom stereocenters. The molecule has 2 rings (SSSR count). The van der Waals surface area contributed by atoms with Crippen molar-refractivity contribution in [3.63, 3.8) is 0 Å². The van der Waals surface area contributed by atoms with Crippen LogP contribution in [0.2, 0.25) is 0 Å². The number of hydrogen-bond donors (Lipinski definition) is 1. The van der Waals surface area contributed by atoms with Crippen LogP contribution in [0.1, 0.15) is 50.3 Å². The van der Waals surface area contributed by atoms with E-state index in [0.29, 0.717) is 0 Å². The Morgan fingerprint density at radius 2 is 2.14 bits per heavy atom. The molecule has 1 aromatic rings. The predicted molar refractivity (Wildman–Crippen MR) is 80.7 cm³/mol. The molecule has 0 heterocycles. The van der Waals surface area contributed by atoms with Gasteiger partial charge in [-0.3, -0.25) is 9.59 Å². The molecule has 21 heavy (non-hydrogen) atoms. The van der Waals surface area contributed by atoms with Crippen LogP contribution in [0.4, 0.5) is 0 Å². The van der Waals surface area contributed by atoms with Gasteiger partial charge in [0.05, 0.1) is 12.0 Å². The molecule has 1 amide bonds. The highest BCUT2D eigenvalue weighted by Crippen LogP contribution is 2.29. The van der Waals surface area contributed by atoms with Crippen LogP contribution in [-0.4, -0.2) is 18.5 Å². The monoisotopic (exact) mass is 289 g/mol. The zero-order valence-electron chi connectivity index (χ0n) is 12.7. The summed E-state index contributed by atoms with van der Waals surface area (Å²) in [5.74, 6) is -0.696. The highest BCUT2D eigenvalue weighted by Gasteiger charge is 2.22. The van der Waals surface area contributed by atoms with Gasteiger partial charge in [-0.25, -0.2) is 0 Å². The van der Waals surface area contributed by atoms with Crippen LogP contribution in [0.5, 0.6) is 0 Å². The molecular formula is C17H23NO3. The molecule has 0 saturated carbocycles. The van der Waals surface area contributed by atoms with Gasteiger partial charge in [0, 0.05) is 0 Å². The van der Waals surface area contributed by atoms with Crippen molar-refractivity contribution < 1.29 is 14.3 Å². The summed E-state index contributed by atoms with van der Waals surface area (Å²) in [6.45, 7) is 3.53. The lowest BCUT2D eigenvalue weighted by Crippen LogP contribution is -2.34. The molecule has 4 heteroatoms. The first-order valence-electron chi connectivity index (χ1n) is 7.65. The van der Waals surface area contributed by atoms with E-state index in [1.54, 1.807) is 6.92 Å². The highest BCUT2D eigenvalue weighted by molar-refractivity contribution is 5.81. The van der Waals surface area contributed by atoms with Crippen molar-refractivity contribution in [3.05, 3.63) is 35.4 Å². The Balaban J connectivity index is 1.88. The number of nitrogens with one attached hydrogen (secondary N) is 1. The Morgan fingerprint density at radius 1 is 1.38 bits per heavy atom. The first-order chi connectivity index (χ1) is 10.1. The molecule has 0 aliphatic heterocycles. The Kier molecular flexibility index (Phi) is 5.37. The highest BCUT2D eigenvalue weighted by atomic mass is 16.5. The van der Waals surface area contributed by atoms with Crippen molar-refractivity contribution in [3.8, 4) is 0 Å². The van der Waals surface area contributed by atoms with Crippen molar-refractivity contribution in [1.82, 2.24) is 5.32 Å². The average molecular weight is 289 g/mol. The summed E-state index contributed by atoms with van der Waals surface area (Å²) in [5.41, 5.74) is 2.48. The smallest absolute Gasteiger partial charge is 0.309 e. The van der Waals surface area contributed by atoms with Gasteiger partial charge in [-0.1, -0.05) is 38.1 Å². The fourth-order valence-corrected chi connectivity index (χ4v) is 2.59. The number of rotatable bonds is 5. The molecule has 2 unspecified atom stereocenters. The van der Waals surface area contributed by atoms with Crippen LogP contribution in [-0.2, 0) is 20.7 Å². The van der Waals surface area contributed by atoms with E-state index in [1.165, 1.54) is 11.1 Å². The fourth-order valence-electron chi connectivity index (χ4n) is 2.59. The van der Waals surface area contributed by atoms with Crippen molar-refractivity contribution in [2.75, 3.05) is 6.61 Å². The quantitative estimate of drug-likeness (QED) is 0.848. The lowest BCUT2D eigenvalue weighted by molar-refractivity contribution is -0.152. The normalized spacial score (nSPS) is 18.5. The second-order valence-corrected chi connectivity index (χ2v) is 5.63. The molecule has 1 aliphatic rings. The Bertz CT molecular complexity index is 513. The summed E-state index contributed by atoms with van der Waals surface area (Å²) in [6.07, 6.45) is 3.78. The van der Waals surface area contributed by atoms with E-state index in [4.69, 9.17) is 4.74 Å². The number of carbonyl (C=O) groups is 2. The lowest BCUT2D eigenvalue weighted by Gasteiger charge is -2.26. The van der Waals surface area contributed by atoms with E-state index >= 15 is 0 Å². The zero-order valence-corrected chi connectivity index (χ0v) is 12.7. The van der Waals surface area contributed by atoms with Gasteiger partial charge in [-0.05, 0) is 36.8 Å². The van der Waals surface area contributed by atoms with Gasteiger partial charge < -0.3 is 10.1 Å². The predicted octanol–water partition coefficient (Wildman–Crippen LogP) is 2.77. The molecule has 0 fully saturated rings. The SMILES string of the molecule is CCC(C)C(=O)OCC(=O)NC1CCCc2ccccc21. The minimum absolute atomic E-state index is 0.0322. The largest absolute Gasteiger partial charge is 0.455 e. The Morgan fingerprint density at radius 3 is 2.90 bits per heavy atom. The van der Waals surface area contributed by atoms with Gasteiger partial charge in [-0.2, -0.15) is 0 Å². The number of esters is 1. The molecule has 1 N–H and O–H groups in total. The fraction of sp³-hybridized carbons (Fsp3) is 0.529. The van der Waals surface area contributed by atoms with Crippen molar-refractivity contribution >= 4 is 11.9 Å². The van der Waals surface area contributed by atoms with Crippen LogP contribution >= 0.6 is 0 Å². The molecular weight excluding hydrogens is 266 g/mol. The summed E-state index contributed by atoms with van der Waals surface area (Å²) in [5, 5.41) is 2.97. The number of carbonyl (C=O) groups excluding carboxylic acids is 2. The average Bonchev–Trinajstić information content (AvgIpc) is 2.52. The van der Waals surface area contributed by atoms with E-state index in [-0.39, 0.29) is 30.4 Å². The minimum Gasteiger partial charge on any atom is -0.455 e. The summed E-state index contributed by atoms with van der Waals surface area (Å²) in [6, 6.07) is 8.22. The van der Waals surface area contributed by atoms with Gasteiger partial charge in [0.1, 0.15) is 0 Å².